The molecule has 1 aromatic rings. The highest BCUT2D eigenvalue weighted by Crippen LogP contribution is 2.12. The SMILES string of the molecule is CCc1cc(C(C)C)nc(C)n1. The van der Waals surface area contributed by atoms with Crippen LogP contribution in [0.4, 0.5) is 0 Å². The Morgan fingerprint density at radius 2 is 2.00 bits per heavy atom. The lowest BCUT2D eigenvalue weighted by Crippen LogP contribution is -2.00. The molecule has 0 amide bonds. The molecule has 0 fully saturated rings. The Kier molecular flexibility index (Phi) is 2.79. The number of hydrogen-bond donors (Lipinski definition) is 0. The van der Waals surface area contributed by atoms with Gasteiger partial charge in [-0.2, -0.15) is 0 Å². The molecular weight excluding hydrogens is 148 g/mol. The van der Waals surface area contributed by atoms with Gasteiger partial charge in [-0.25, -0.2) is 9.97 Å². The molecule has 12 heavy (non-hydrogen) atoms. The van der Waals surface area contributed by atoms with Crippen LogP contribution < -0.4 is 0 Å². The zero-order chi connectivity index (χ0) is 9.14. The fraction of sp³-hybridized carbons (Fsp3) is 0.600. The van der Waals surface area contributed by atoms with Gasteiger partial charge in [0, 0.05) is 11.4 Å². The van der Waals surface area contributed by atoms with E-state index in [9.17, 15) is 0 Å². The standard InChI is InChI=1S/C10H16N2/c1-5-9-6-10(7(2)3)12-8(4)11-9/h6-7H,5H2,1-4H3. The molecule has 0 N–H and O–H groups in total. The molecule has 0 radical (unpaired) electrons. The van der Waals surface area contributed by atoms with Crippen LogP contribution in [0.1, 0.15) is 43.9 Å². The summed E-state index contributed by atoms with van der Waals surface area (Å²) in [5.41, 5.74) is 2.30. The Morgan fingerprint density at radius 3 is 2.50 bits per heavy atom. The third-order valence-electron chi connectivity index (χ3n) is 1.86. The van der Waals surface area contributed by atoms with Gasteiger partial charge < -0.3 is 0 Å². The van der Waals surface area contributed by atoms with Crippen molar-refractivity contribution in [3.8, 4) is 0 Å². The van der Waals surface area contributed by atoms with E-state index in [1.165, 1.54) is 0 Å². The molecule has 0 aliphatic rings. The molecule has 0 saturated carbocycles. The van der Waals surface area contributed by atoms with E-state index in [1.807, 2.05) is 6.92 Å². The predicted molar refractivity (Wildman–Crippen MR) is 50.2 cm³/mol. The van der Waals surface area contributed by atoms with E-state index in [2.05, 4.69) is 36.8 Å². The average molecular weight is 164 g/mol. The summed E-state index contributed by atoms with van der Waals surface area (Å²) in [5.74, 6) is 1.38. The van der Waals surface area contributed by atoms with Gasteiger partial charge in [0.15, 0.2) is 0 Å². The topological polar surface area (TPSA) is 25.8 Å². The lowest BCUT2D eigenvalue weighted by atomic mass is 10.1. The molecule has 0 atom stereocenters. The highest BCUT2D eigenvalue weighted by molar-refractivity contribution is 5.13. The molecule has 0 unspecified atom stereocenters. The molecule has 0 aliphatic heterocycles. The number of hydrogen-bond acceptors (Lipinski definition) is 2. The molecule has 0 aliphatic carbocycles. The zero-order valence-corrected chi connectivity index (χ0v) is 8.26. The van der Waals surface area contributed by atoms with Crippen molar-refractivity contribution in [1.29, 1.82) is 0 Å². The van der Waals surface area contributed by atoms with E-state index in [0.717, 1.165) is 23.6 Å². The van der Waals surface area contributed by atoms with Gasteiger partial charge in [-0.1, -0.05) is 20.8 Å². The van der Waals surface area contributed by atoms with E-state index in [4.69, 9.17) is 0 Å². The van der Waals surface area contributed by atoms with Crippen LogP contribution in [0.15, 0.2) is 6.07 Å². The van der Waals surface area contributed by atoms with Crippen molar-refractivity contribution in [3.63, 3.8) is 0 Å². The number of aryl methyl sites for hydroxylation is 2. The van der Waals surface area contributed by atoms with Crippen LogP contribution >= 0.6 is 0 Å². The van der Waals surface area contributed by atoms with Gasteiger partial charge in [0.05, 0.1) is 0 Å². The van der Waals surface area contributed by atoms with Crippen molar-refractivity contribution in [3.05, 3.63) is 23.3 Å². The molecule has 1 heterocycles. The lowest BCUT2D eigenvalue weighted by molar-refractivity contribution is 0.787. The molecule has 1 rings (SSSR count). The maximum Gasteiger partial charge on any atom is 0.125 e. The highest BCUT2D eigenvalue weighted by atomic mass is 14.9. The summed E-state index contributed by atoms with van der Waals surface area (Å²) in [6, 6.07) is 2.09. The maximum atomic E-state index is 4.37. The predicted octanol–water partition coefficient (Wildman–Crippen LogP) is 2.47. The largest absolute Gasteiger partial charge is 0.238 e. The summed E-state index contributed by atoms with van der Waals surface area (Å²) in [6.45, 7) is 8.37. The van der Waals surface area contributed by atoms with Crippen LogP contribution in [0.3, 0.4) is 0 Å². The fourth-order valence-electron chi connectivity index (χ4n) is 1.13. The normalized spacial score (nSPS) is 10.8. The molecule has 0 saturated heterocycles. The van der Waals surface area contributed by atoms with Crippen molar-refractivity contribution >= 4 is 0 Å². The molecule has 0 aromatic carbocycles. The lowest BCUT2D eigenvalue weighted by Gasteiger charge is -2.06. The monoisotopic (exact) mass is 164 g/mol. The van der Waals surface area contributed by atoms with Gasteiger partial charge in [0.1, 0.15) is 5.82 Å². The Bertz CT molecular complexity index is 267. The molecule has 66 valence electrons. The minimum atomic E-state index is 0.497. The summed E-state index contributed by atoms with van der Waals surface area (Å²) in [7, 11) is 0. The van der Waals surface area contributed by atoms with E-state index >= 15 is 0 Å². The van der Waals surface area contributed by atoms with Crippen LogP contribution in [0, 0.1) is 6.92 Å². The smallest absolute Gasteiger partial charge is 0.125 e. The van der Waals surface area contributed by atoms with Gasteiger partial charge in [-0.05, 0) is 25.3 Å². The van der Waals surface area contributed by atoms with Crippen molar-refractivity contribution in [2.75, 3.05) is 0 Å². The van der Waals surface area contributed by atoms with Gasteiger partial charge >= 0.3 is 0 Å². The van der Waals surface area contributed by atoms with Crippen LogP contribution in [-0.2, 0) is 6.42 Å². The van der Waals surface area contributed by atoms with E-state index in [0.29, 0.717) is 5.92 Å². The molecule has 0 spiro atoms. The fourth-order valence-corrected chi connectivity index (χ4v) is 1.13. The minimum Gasteiger partial charge on any atom is -0.238 e. The molecule has 0 bridgehead atoms. The number of aromatic nitrogens is 2. The average Bonchev–Trinajstić information content (AvgIpc) is 2.03. The van der Waals surface area contributed by atoms with Crippen molar-refractivity contribution in [1.82, 2.24) is 9.97 Å². The van der Waals surface area contributed by atoms with Crippen molar-refractivity contribution in [2.24, 2.45) is 0 Å². The van der Waals surface area contributed by atoms with Gasteiger partial charge in [-0.3, -0.25) is 0 Å². The summed E-state index contributed by atoms with van der Waals surface area (Å²) in [6.07, 6.45) is 0.989. The second-order valence-corrected chi connectivity index (χ2v) is 3.34. The second kappa shape index (κ2) is 3.65. The second-order valence-electron chi connectivity index (χ2n) is 3.34. The van der Waals surface area contributed by atoms with Crippen molar-refractivity contribution in [2.45, 2.75) is 40.0 Å². The van der Waals surface area contributed by atoms with Gasteiger partial charge in [0.2, 0.25) is 0 Å². The number of rotatable bonds is 2. The summed E-state index contributed by atoms with van der Waals surface area (Å²) >= 11 is 0. The van der Waals surface area contributed by atoms with Crippen LogP contribution in [-0.4, -0.2) is 9.97 Å². The number of nitrogens with zero attached hydrogens (tertiary/aromatic N) is 2. The van der Waals surface area contributed by atoms with E-state index < -0.39 is 0 Å². The summed E-state index contributed by atoms with van der Waals surface area (Å²) < 4.78 is 0. The first-order valence-corrected chi connectivity index (χ1v) is 4.48. The molecular formula is C10H16N2. The Labute approximate surface area is 74.1 Å². The molecule has 2 nitrogen and oxygen atoms in total. The maximum absolute atomic E-state index is 4.37. The summed E-state index contributed by atoms with van der Waals surface area (Å²) in [5, 5.41) is 0. The first-order chi connectivity index (χ1) is 5.63. The Morgan fingerprint density at radius 1 is 1.33 bits per heavy atom. The third-order valence-corrected chi connectivity index (χ3v) is 1.86. The third kappa shape index (κ3) is 2.03. The van der Waals surface area contributed by atoms with Crippen LogP contribution in [0.5, 0.6) is 0 Å². The van der Waals surface area contributed by atoms with E-state index in [1.54, 1.807) is 0 Å². The Hall–Kier alpha value is -0.920. The van der Waals surface area contributed by atoms with Crippen molar-refractivity contribution < 1.29 is 0 Å². The van der Waals surface area contributed by atoms with E-state index in [-0.39, 0.29) is 0 Å². The zero-order valence-electron chi connectivity index (χ0n) is 8.26. The van der Waals surface area contributed by atoms with Crippen LogP contribution in [0.2, 0.25) is 0 Å². The van der Waals surface area contributed by atoms with Crippen LogP contribution in [0.25, 0.3) is 0 Å². The van der Waals surface area contributed by atoms with Gasteiger partial charge in [-0.15, -0.1) is 0 Å². The molecule has 2 heteroatoms. The Balaban J connectivity index is 3.06. The summed E-state index contributed by atoms with van der Waals surface area (Å²) in [4.78, 5) is 8.69. The van der Waals surface area contributed by atoms with Gasteiger partial charge in [0.25, 0.3) is 0 Å². The quantitative estimate of drug-likeness (QED) is 0.671. The first-order valence-electron chi connectivity index (χ1n) is 4.48. The molecule has 1 aromatic heterocycles. The first kappa shape index (κ1) is 9.17. The highest BCUT2D eigenvalue weighted by Gasteiger charge is 2.03. The minimum absolute atomic E-state index is 0.497.